The molecule has 0 saturated carbocycles. The Morgan fingerprint density at radius 3 is 2.89 bits per heavy atom. The zero-order valence-electron chi connectivity index (χ0n) is 19.9. The Morgan fingerprint density at radius 1 is 1.43 bits per heavy atom. The molecule has 1 aliphatic heterocycles. The van der Waals surface area contributed by atoms with Crippen molar-refractivity contribution in [2.45, 2.75) is 31.5 Å². The van der Waals surface area contributed by atoms with Crippen molar-refractivity contribution in [1.82, 2.24) is 15.0 Å². The second-order valence-corrected chi connectivity index (χ2v) is 10.2. The number of aliphatic carboxylic acids is 1. The number of aromatic nitrogens is 3. The molecule has 2 N–H and O–H groups in total. The summed E-state index contributed by atoms with van der Waals surface area (Å²) in [7, 11) is 1.54. The quantitative estimate of drug-likeness (QED) is 0.389. The summed E-state index contributed by atoms with van der Waals surface area (Å²) in [5, 5.41) is 10.2. The molecule has 0 fully saturated rings. The molecule has 0 radical (unpaired) electrons. The van der Waals surface area contributed by atoms with Gasteiger partial charge in [-0.2, -0.15) is 21.1 Å². The highest BCUT2D eigenvalue weighted by atomic mass is 32.2. The lowest BCUT2D eigenvalue weighted by Crippen LogP contribution is -2.47. The smallest absolute Gasteiger partial charge is 0.349 e. The Bertz CT molecular complexity index is 1260. The molecule has 0 amide bonds. The lowest BCUT2D eigenvalue weighted by molar-refractivity contribution is -0.138. The summed E-state index contributed by atoms with van der Waals surface area (Å²) in [4.78, 5) is 28.8. The maximum Gasteiger partial charge on any atom is 0.349 e. The van der Waals surface area contributed by atoms with Crippen molar-refractivity contribution in [3.63, 3.8) is 0 Å². The van der Waals surface area contributed by atoms with Crippen molar-refractivity contribution in [2.24, 2.45) is 4.99 Å². The normalized spacial score (nSPS) is 14.9. The number of nitrogens with one attached hydrogen (secondary N) is 1. The Labute approximate surface area is 210 Å². The molecule has 0 spiro atoms. The molecule has 4 rings (SSSR count). The van der Waals surface area contributed by atoms with E-state index in [2.05, 4.69) is 19.9 Å². The maximum atomic E-state index is 13.9. The minimum absolute atomic E-state index is 0.127. The number of thioether (sulfide) groups is 1. The number of hydrogen-bond acceptors (Lipinski definition) is 9. The average Bonchev–Trinajstić information content (AvgIpc) is 3.52. The third-order valence-electron chi connectivity index (χ3n) is 5.63. The zero-order valence-corrected chi connectivity index (χ0v) is 21.5. The molecule has 186 valence electrons. The number of carbonyl (C=O) groups is 1. The van der Waals surface area contributed by atoms with Crippen molar-refractivity contribution >= 4 is 51.8 Å². The second kappa shape index (κ2) is 10.8. The SMILES string of the molecule is COc1c(C)cnc(N([C@@H](CCSC)C(=O)O)[S+]([O-])c2nc3cc(C4=NCCO4)ccc3[nH]2)c1C. The van der Waals surface area contributed by atoms with E-state index in [-0.39, 0.29) is 17.4 Å². The Hall–Kier alpha value is -2.96. The number of benzene rings is 1. The van der Waals surface area contributed by atoms with E-state index < -0.39 is 23.4 Å². The number of nitrogens with zero attached hydrogens (tertiary/aromatic N) is 4. The molecule has 2 aromatic heterocycles. The summed E-state index contributed by atoms with van der Waals surface area (Å²) < 4.78 is 26.3. The monoisotopic (exact) mass is 517 g/mol. The molecule has 3 aromatic rings. The number of methoxy groups -OCH3 is 1. The largest absolute Gasteiger partial charge is 0.585 e. The lowest BCUT2D eigenvalue weighted by Gasteiger charge is -2.29. The molecule has 10 nitrogen and oxygen atoms in total. The number of carboxylic acid groups (broad SMARTS) is 1. The van der Waals surface area contributed by atoms with Crippen LogP contribution in [0.4, 0.5) is 5.82 Å². The molecule has 3 heterocycles. The number of ether oxygens (including phenoxy) is 2. The van der Waals surface area contributed by atoms with E-state index in [0.29, 0.717) is 47.1 Å². The van der Waals surface area contributed by atoms with Gasteiger partial charge in [0.1, 0.15) is 12.4 Å². The molecule has 2 atom stereocenters. The Balaban J connectivity index is 1.79. The van der Waals surface area contributed by atoms with E-state index in [9.17, 15) is 14.5 Å². The minimum Gasteiger partial charge on any atom is -0.585 e. The number of aromatic amines is 1. The summed E-state index contributed by atoms with van der Waals surface area (Å²) in [6, 6.07) is 4.38. The summed E-state index contributed by atoms with van der Waals surface area (Å²) in [5.41, 5.74) is 3.42. The van der Waals surface area contributed by atoms with E-state index in [4.69, 9.17) is 9.47 Å². The van der Waals surface area contributed by atoms with Crippen LogP contribution in [0.25, 0.3) is 11.0 Å². The standard InChI is InChI=1S/C23H27N5O5S2/c1-13-12-25-20(14(2)19(13)32-3)28(18(22(29)30)7-10-34-4)35(31)23-26-16-6-5-15(11-17(16)27-23)21-24-8-9-33-21/h5-6,11-12,18H,7-10H2,1-4H3,(H,26,27)(H,29,30)/t18-,35?/m0/s1. The number of carboxylic acids is 1. The summed E-state index contributed by atoms with van der Waals surface area (Å²) in [5.74, 6) is 0.863. The van der Waals surface area contributed by atoms with E-state index in [1.807, 2.05) is 31.4 Å². The van der Waals surface area contributed by atoms with Crippen LogP contribution in [0.1, 0.15) is 23.1 Å². The molecule has 0 bridgehead atoms. The second-order valence-electron chi connectivity index (χ2n) is 7.94. The summed E-state index contributed by atoms with van der Waals surface area (Å²) >= 11 is -0.479. The molecule has 0 aliphatic carbocycles. The molecule has 35 heavy (non-hydrogen) atoms. The third kappa shape index (κ3) is 5.04. The first kappa shape index (κ1) is 25.1. The van der Waals surface area contributed by atoms with Gasteiger partial charge in [-0.3, -0.25) is 4.98 Å². The van der Waals surface area contributed by atoms with Gasteiger partial charge in [0.25, 0.3) is 0 Å². The molecule has 12 heteroatoms. The first-order chi connectivity index (χ1) is 16.8. The van der Waals surface area contributed by atoms with E-state index in [1.54, 1.807) is 13.1 Å². The van der Waals surface area contributed by atoms with Crippen LogP contribution in [0.15, 0.2) is 34.5 Å². The van der Waals surface area contributed by atoms with Crippen LogP contribution in [0.2, 0.25) is 0 Å². The fourth-order valence-corrected chi connectivity index (χ4v) is 5.75. The Kier molecular flexibility index (Phi) is 7.72. The first-order valence-electron chi connectivity index (χ1n) is 11.0. The van der Waals surface area contributed by atoms with E-state index >= 15 is 0 Å². The fraction of sp³-hybridized carbons (Fsp3) is 0.391. The van der Waals surface area contributed by atoms with Crippen molar-refractivity contribution in [1.29, 1.82) is 0 Å². The van der Waals surface area contributed by atoms with Crippen molar-refractivity contribution < 1.29 is 23.9 Å². The highest BCUT2D eigenvalue weighted by Gasteiger charge is 2.40. The van der Waals surface area contributed by atoms with Gasteiger partial charge in [-0.15, -0.1) is 0 Å². The zero-order chi connectivity index (χ0) is 25.1. The highest BCUT2D eigenvalue weighted by Crippen LogP contribution is 2.34. The molecule has 1 aliphatic rings. The van der Waals surface area contributed by atoms with Gasteiger partial charge < -0.3 is 19.1 Å². The molecule has 1 unspecified atom stereocenters. The number of pyridine rings is 1. The number of aliphatic imine (C=N–C) groups is 1. The average molecular weight is 518 g/mol. The number of rotatable bonds is 10. The lowest BCUT2D eigenvalue weighted by atomic mass is 10.1. The van der Waals surface area contributed by atoms with Gasteiger partial charge in [0.2, 0.25) is 5.90 Å². The van der Waals surface area contributed by atoms with Crippen LogP contribution in [0.5, 0.6) is 5.75 Å². The number of anilines is 1. The highest BCUT2D eigenvalue weighted by molar-refractivity contribution is 7.98. The number of imidazole rings is 1. The van der Waals surface area contributed by atoms with Crippen molar-refractivity contribution in [3.05, 3.63) is 41.1 Å². The topological polar surface area (TPSA) is 136 Å². The predicted molar refractivity (Wildman–Crippen MR) is 137 cm³/mol. The van der Waals surface area contributed by atoms with Crippen LogP contribution in [-0.2, 0) is 20.9 Å². The molecular weight excluding hydrogens is 490 g/mol. The predicted octanol–water partition coefficient (Wildman–Crippen LogP) is 3.10. The maximum absolute atomic E-state index is 13.9. The summed E-state index contributed by atoms with van der Waals surface area (Å²) in [6.07, 6.45) is 3.75. The van der Waals surface area contributed by atoms with Crippen molar-refractivity contribution in [2.75, 3.05) is 36.6 Å². The molecular formula is C23H27N5O5S2. The van der Waals surface area contributed by atoms with Crippen LogP contribution >= 0.6 is 11.8 Å². The number of fused-ring (bicyclic) bond motifs is 1. The minimum atomic E-state index is -2.00. The first-order valence-corrected chi connectivity index (χ1v) is 13.5. The number of aryl methyl sites for hydroxylation is 1. The van der Waals surface area contributed by atoms with Crippen LogP contribution < -0.4 is 9.04 Å². The third-order valence-corrected chi connectivity index (χ3v) is 7.58. The van der Waals surface area contributed by atoms with Gasteiger partial charge >= 0.3 is 11.1 Å². The van der Waals surface area contributed by atoms with Gasteiger partial charge in [0.05, 0.1) is 24.7 Å². The van der Waals surface area contributed by atoms with E-state index in [1.165, 1.54) is 23.2 Å². The van der Waals surface area contributed by atoms with Gasteiger partial charge in [0.15, 0.2) is 23.2 Å². The van der Waals surface area contributed by atoms with Crippen LogP contribution in [-0.4, -0.2) is 74.8 Å². The van der Waals surface area contributed by atoms with Crippen LogP contribution in [0.3, 0.4) is 0 Å². The number of H-pyrrole nitrogens is 1. The van der Waals surface area contributed by atoms with Crippen LogP contribution in [0, 0.1) is 13.8 Å². The van der Waals surface area contributed by atoms with Gasteiger partial charge in [-0.25, -0.2) is 14.8 Å². The molecule has 1 aromatic carbocycles. The van der Waals surface area contributed by atoms with Gasteiger partial charge in [0, 0.05) is 22.9 Å². The number of hydrogen-bond donors (Lipinski definition) is 2. The summed E-state index contributed by atoms with van der Waals surface area (Å²) in [6.45, 7) is 4.77. The fourth-order valence-electron chi connectivity index (χ4n) is 3.96. The van der Waals surface area contributed by atoms with Crippen molar-refractivity contribution in [3.8, 4) is 5.75 Å². The van der Waals surface area contributed by atoms with Gasteiger partial charge in [-0.05, 0) is 50.5 Å². The Morgan fingerprint density at radius 2 is 2.23 bits per heavy atom. The van der Waals surface area contributed by atoms with Gasteiger partial charge in [-0.1, -0.05) is 0 Å². The molecule has 0 saturated heterocycles. The van der Waals surface area contributed by atoms with E-state index in [0.717, 1.165) is 11.1 Å².